The predicted molar refractivity (Wildman–Crippen MR) is 92.7 cm³/mol. The maximum absolute atomic E-state index is 12.4. The first-order chi connectivity index (χ1) is 11.3. The van der Waals surface area contributed by atoms with E-state index in [2.05, 4.69) is 0 Å². The Hall–Kier alpha value is -1.50. The van der Waals surface area contributed by atoms with Crippen LogP contribution in [0.3, 0.4) is 0 Å². The van der Waals surface area contributed by atoms with Gasteiger partial charge in [0.1, 0.15) is 0 Å². The van der Waals surface area contributed by atoms with Gasteiger partial charge in [-0.05, 0) is 43.5 Å². The van der Waals surface area contributed by atoms with Crippen LogP contribution in [0.1, 0.15) is 24.8 Å². The standard InChI is InChI=1S/C17H24N2O4.ClH/c18-6-1-9-21-14-4-7-19(8-5-14)17(20)11-13-2-3-15-16(10-13)23-12-22-15;/h2-3,10,14H,1,4-9,11-12,18H2;1H. The Balaban J connectivity index is 0.00000208. The molecule has 0 aromatic heterocycles. The molecule has 7 heteroatoms. The van der Waals surface area contributed by atoms with Crippen molar-refractivity contribution >= 4 is 18.3 Å². The smallest absolute Gasteiger partial charge is 0.231 e. The van der Waals surface area contributed by atoms with Gasteiger partial charge >= 0.3 is 0 Å². The number of carbonyl (C=O) groups is 1. The average Bonchev–Trinajstić information content (AvgIpc) is 3.03. The molecule has 0 spiro atoms. The highest BCUT2D eigenvalue weighted by Crippen LogP contribution is 2.32. The fourth-order valence-corrected chi connectivity index (χ4v) is 2.94. The number of fused-ring (bicyclic) bond motifs is 1. The minimum Gasteiger partial charge on any atom is -0.454 e. The molecule has 2 N–H and O–H groups in total. The molecule has 1 aromatic rings. The molecule has 0 radical (unpaired) electrons. The first kappa shape index (κ1) is 18.8. The van der Waals surface area contributed by atoms with Crippen molar-refractivity contribution in [2.75, 3.05) is 33.0 Å². The molecule has 2 aliphatic heterocycles. The van der Waals surface area contributed by atoms with Gasteiger partial charge in [-0.3, -0.25) is 4.79 Å². The summed E-state index contributed by atoms with van der Waals surface area (Å²) in [4.78, 5) is 14.4. The summed E-state index contributed by atoms with van der Waals surface area (Å²) in [5.41, 5.74) is 6.42. The minimum atomic E-state index is 0. The summed E-state index contributed by atoms with van der Waals surface area (Å²) < 4.78 is 16.4. The lowest BCUT2D eigenvalue weighted by Crippen LogP contribution is -2.41. The molecule has 0 bridgehead atoms. The number of likely N-dealkylation sites (tertiary alicyclic amines) is 1. The highest BCUT2D eigenvalue weighted by atomic mass is 35.5. The van der Waals surface area contributed by atoms with Gasteiger partial charge in [0, 0.05) is 19.7 Å². The first-order valence-corrected chi connectivity index (χ1v) is 8.24. The number of hydrogen-bond donors (Lipinski definition) is 1. The number of piperidine rings is 1. The van der Waals surface area contributed by atoms with Gasteiger partial charge in [0.05, 0.1) is 12.5 Å². The van der Waals surface area contributed by atoms with Gasteiger partial charge in [-0.15, -0.1) is 12.4 Å². The zero-order chi connectivity index (χ0) is 16.1. The largest absolute Gasteiger partial charge is 0.454 e. The van der Waals surface area contributed by atoms with E-state index in [1.54, 1.807) is 0 Å². The van der Waals surface area contributed by atoms with Crippen molar-refractivity contribution in [3.05, 3.63) is 23.8 Å². The van der Waals surface area contributed by atoms with Crippen LogP contribution in [0.15, 0.2) is 18.2 Å². The van der Waals surface area contributed by atoms with Crippen molar-refractivity contribution in [1.29, 1.82) is 0 Å². The van der Waals surface area contributed by atoms with E-state index in [-0.39, 0.29) is 31.2 Å². The van der Waals surface area contributed by atoms with E-state index >= 15 is 0 Å². The number of carbonyl (C=O) groups excluding carboxylic acids is 1. The fraction of sp³-hybridized carbons (Fsp3) is 0.588. The molecule has 24 heavy (non-hydrogen) atoms. The molecule has 2 heterocycles. The van der Waals surface area contributed by atoms with Crippen molar-refractivity contribution < 1.29 is 19.0 Å². The second-order valence-corrected chi connectivity index (χ2v) is 5.96. The minimum absolute atomic E-state index is 0. The van der Waals surface area contributed by atoms with Crippen LogP contribution in [-0.4, -0.2) is 49.9 Å². The Morgan fingerprint density at radius 1 is 1.25 bits per heavy atom. The second kappa shape index (κ2) is 9.11. The molecule has 6 nitrogen and oxygen atoms in total. The summed E-state index contributed by atoms with van der Waals surface area (Å²) in [5.74, 6) is 1.63. The van der Waals surface area contributed by atoms with Crippen LogP contribution < -0.4 is 15.2 Å². The number of hydrogen-bond acceptors (Lipinski definition) is 5. The second-order valence-electron chi connectivity index (χ2n) is 5.96. The quantitative estimate of drug-likeness (QED) is 0.786. The first-order valence-electron chi connectivity index (χ1n) is 8.24. The third-order valence-electron chi connectivity index (χ3n) is 4.29. The molecule has 2 aliphatic rings. The highest BCUT2D eigenvalue weighted by Gasteiger charge is 2.23. The average molecular weight is 357 g/mol. The normalized spacial score (nSPS) is 16.8. The molecular weight excluding hydrogens is 332 g/mol. The zero-order valence-electron chi connectivity index (χ0n) is 13.7. The van der Waals surface area contributed by atoms with Crippen LogP contribution in [0, 0.1) is 0 Å². The van der Waals surface area contributed by atoms with Gasteiger partial charge in [0.2, 0.25) is 12.7 Å². The lowest BCUT2D eigenvalue weighted by molar-refractivity contribution is -0.133. The Morgan fingerprint density at radius 2 is 2.00 bits per heavy atom. The lowest BCUT2D eigenvalue weighted by atomic mass is 10.1. The molecular formula is C17H25ClN2O4. The SMILES string of the molecule is Cl.NCCCOC1CCN(C(=O)Cc2ccc3c(c2)OCO3)CC1. The number of benzene rings is 1. The molecule has 1 saturated heterocycles. The molecule has 0 aliphatic carbocycles. The van der Waals surface area contributed by atoms with Crippen LogP contribution in [0.25, 0.3) is 0 Å². The monoisotopic (exact) mass is 356 g/mol. The van der Waals surface area contributed by atoms with E-state index < -0.39 is 0 Å². The van der Waals surface area contributed by atoms with Gasteiger partial charge in [0.15, 0.2) is 11.5 Å². The van der Waals surface area contributed by atoms with Crippen molar-refractivity contribution in [3.8, 4) is 11.5 Å². The number of ether oxygens (including phenoxy) is 3. The molecule has 134 valence electrons. The number of amides is 1. The van der Waals surface area contributed by atoms with Gasteiger partial charge in [-0.25, -0.2) is 0 Å². The maximum atomic E-state index is 12.4. The predicted octanol–water partition coefficient (Wildman–Crippen LogP) is 1.74. The van der Waals surface area contributed by atoms with Crippen molar-refractivity contribution in [3.63, 3.8) is 0 Å². The zero-order valence-corrected chi connectivity index (χ0v) is 14.6. The fourth-order valence-electron chi connectivity index (χ4n) is 2.94. The Kier molecular flexibility index (Phi) is 7.15. The van der Waals surface area contributed by atoms with E-state index in [1.165, 1.54) is 0 Å². The van der Waals surface area contributed by atoms with Crippen molar-refractivity contribution in [2.45, 2.75) is 31.8 Å². The Morgan fingerprint density at radius 3 is 2.75 bits per heavy atom. The van der Waals surface area contributed by atoms with E-state index in [0.717, 1.165) is 49.4 Å². The summed E-state index contributed by atoms with van der Waals surface area (Å²) in [6.45, 7) is 3.15. The van der Waals surface area contributed by atoms with Crippen LogP contribution in [0.4, 0.5) is 0 Å². The molecule has 1 aromatic carbocycles. The number of nitrogens with two attached hydrogens (primary N) is 1. The molecule has 3 rings (SSSR count). The van der Waals surface area contributed by atoms with E-state index in [0.29, 0.717) is 19.6 Å². The summed E-state index contributed by atoms with van der Waals surface area (Å²) in [6.07, 6.45) is 3.35. The Bertz CT molecular complexity index is 547. The molecule has 1 fully saturated rings. The lowest BCUT2D eigenvalue weighted by Gasteiger charge is -2.32. The summed E-state index contributed by atoms with van der Waals surface area (Å²) in [6, 6.07) is 5.68. The van der Waals surface area contributed by atoms with Crippen LogP contribution in [0.5, 0.6) is 11.5 Å². The van der Waals surface area contributed by atoms with Gasteiger partial charge in [0.25, 0.3) is 0 Å². The number of nitrogens with zero attached hydrogens (tertiary/aromatic N) is 1. The van der Waals surface area contributed by atoms with E-state index in [9.17, 15) is 4.79 Å². The van der Waals surface area contributed by atoms with Crippen LogP contribution >= 0.6 is 12.4 Å². The summed E-state index contributed by atoms with van der Waals surface area (Å²) in [5, 5.41) is 0. The topological polar surface area (TPSA) is 74.0 Å². The van der Waals surface area contributed by atoms with E-state index in [1.807, 2.05) is 23.1 Å². The summed E-state index contributed by atoms with van der Waals surface area (Å²) in [7, 11) is 0. The molecule has 1 amide bonds. The number of rotatable bonds is 6. The third-order valence-corrected chi connectivity index (χ3v) is 4.29. The van der Waals surface area contributed by atoms with E-state index in [4.69, 9.17) is 19.9 Å². The molecule has 0 saturated carbocycles. The maximum Gasteiger partial charge on any atom is 0.231 e. The molecule has 0 unspecified atom stereocenters. The van der Waals surface area contributed by atoms with Gasteiger partial charge in [-0.1, -0.05) is 6.07 Å². The van der Waals surface area contributed by atoms with Gasteiger partial charge < -0.3 is 24.8 Å². The van der Waals surface area contributed by atoms with Crippen LogP contribution in [0.2, 0.25) is 0 Å². The highest BCUT2D eigenvalue weighted by molar-refractivity contribution is 5.85. The summed E-state index contributed by atoms with van der Waals surface area (Å²) >= 11 is 0. The van der Waals surface area contributed by atoms with Crippen LogP contribution in [-0.2, 0) is 16.0 Å². The number of halogens is 1. The third kappa shape index (κ3) is 4.75. The Labute approximate surface area is 148 Å². The van der Waals surface area contributed by atoms with Crippen molar-refractivity contribution in [2.24, 2.45) is 5.73 Å². The van der Waals surface area contributed by atoms with Crippen molar-refractivity contribution in [1.82, 2.24) is 4.90 Å². The molecule has 0 atom stereocenters. The van der Waals surface area contributed by atoms with Gasteiger partial charge in [-0.2, -0.15) is 0 Å².